The smallest absolute Gasteiger partial charge is 0.308 e. The summed E-state index contributed by atoms with van der Waals surface area (Å²) in [5.74, 6) is 2.21. The second kappa shape index (κ2) is 14.9. The van der Waals surface area contributed by atoms with Gasteiger partial charge in [0.1, 0.15) is 18.4 Å². The minimum absolute atomic E-state index is 0.172. The number of benzene rings is 4. The van der Waals surface area contributed by atoms with Crippen molar-refractivity contribution in [3.8, 4) is 34.8 Å². The summed E-state index contributed by atoms with van der Waals surface area (Å²) in [5, 5.41) is 11.1. The number of hydrogen-bond donors (Lipinski definition) is 0. The molecule has 1 saturated heterocycles. The van der Waals surface area contributed by atoms with Crippen molar-refractivity contribution in [1.82, 2.24) is 9.80 Å². The lowest BCUT2D eigenvalue weighted by atomic mass is 9.75. The zero-order chi connectivity index (χ0) is 37.4. The topological polar surface area (TPSA) is 103 Å². The molecule has 0 aliphatic carbocycles. The highest BCUT2D eigenvalue weighted by Crippen LogP contribution is 2.58. The Morgan fingerprint density at radius 3 is 2.09 bits per heavy atom. The van der Waals surface area contributed by atoms with E-state index in [2.05, 4.69) is 29.0 Å². The first-order valence-electron chi connectivity index (χ1n) is 17.8. The molecule has 2 unspecified atom stereocenters. The Morgan fingerprint density at radius 1 is 0.849 bits per heavy atom. The highest BCUT2D eigenvalue weighted by atomic mass is 16.5. The molecule has 0 saturated carbocycles. The Labute approximate surface area is 311 Å². The Hall–Kier alpha value is -5.50. The third kappa shape index (κ3) is 6.24. The van der Waals surface area contributed by atoms with Crippen LogP contribution in [0.1, 0.15) is 63.5 Å². The normalized spacial score (nSPS) is 19.9. The van der Waals surface area contributed by atoms with Gasteiger partial charge < -0.3 is 33.3 Å². The minimum atomic E-state index is -0.570. The van der Waals surface area contributed by atoms with Crippen LogP contribution in [0.15, 0.2) is 72.4 Å². The summed E-state index contributed by atoms with van der Waals surface area (Å²) < 4.78 is 37.4. The molecule has 4 aromatic rings. The highest BCUT2D eigenvalue weighted by molar-refractivity contribution is 5.80. The van der Waals surface area contributed by atoms with Crippen LogP contribution in [0, 0.1) is 25.2 Å². The zero-order valence-corrected chi connectivity index (χ0v) is 31.3. The number of nitriles is 1. The molecule has 1 fully saturated rings. The van der Waals surface area contributed by atoms with Crippen LogP contribution in [-0.4, -0.2) is 62.8 Å². The van der Waals surface area contributed by atoms with Crippen LogP contribution in [0.5, 0.6) is 28.7 Å². The van der Waals surface area contributed by atoms with Crippen LogP contribution in [-0.2, 0) is 29.2 Å². The van der Waals surface area contributed by atoms with Gasteiger partial charge in [-0.3, -0.25) is 9.69 Å². The number of piperazine rings is 1. The zero-order valence-electron chi connectivity index (χ0n) is 31.3. The lowest BCUT2D eigenvalue weighted by molar-refractivity contribution is -0.131. The maximum absolute atomic E-state index is 12.7. The van der Waals surface area contributed by atoms with Gasteiger partial charge in [0.05, 0.1) is 52.7 Å². The van der Waals surface area contributed by atoms with Gasteiger partial charge in [0.15, 0.2) is 23.0 Å². The first kappa shape index (κ1) is 35.9. The molecule has 3 heterocycles. The van der Waals surface area contributed by atoms with Crippen LogP contribution in [0.25, 0.3) is 6.08 Å². The lowest BCUT2D eigenvalue weighted by Gasteiger charge is -2.57. The standard InChI is InChI=1S/C43H45N3O7/c1-25-18-30-19-32-34(21-44)46-33(38(45(32)4)36(30)43(39(25)48-5)52-23-29-16-12-9-13-17-29)20-31-37(35(46)24-51-22-28-14-10-8-11-15-28)42(50-7)41(49-6)26(2)40(31)53-27(3)47/h8-18,20,32,34-35,38H,19,22-24H2,1-7H3/t32?,34-,35-,38?/m0/s1. The molecule has 0 spiro atoms. The van der Waals surface area contributed by atoms with Crippen LogP contribution < -0.4 is 23.7 Å². The number of ether oxygens (including phenoxy) is 6. The molecule has 4 atom stereocenters. The number of likely N-dealkylation sites (N-methyl/N-ethyl adjacent to an activating group) is 1. The molecule has 53 heavy (non-hydrogen) atoms. The number of nitrogens with zero attached hydrogens (tertiary/aromatic N) is 3. The van der Waals surface area contributed by atoms with E-state index in [1.54, 1.807) is 21.3 Å². The van der Waals surface area contributed by atoms with Crippen LogP contribution in [0.2, 0.25) is 0 Å². The van der Waals surface area contributed by atoms with Crippen LogP contribution >= 0.6 is 0 Å². The molecule has 0 amide bonds. The van der Waals surface area contributed by atoms with E-state index in [0.29, 0.717) is 59.5 Å². The molecule has 3 aliphatic heterocycles. The monoisotopic (exact) mass is 715 g/mol. The second-order valence-electron chi connectivity index (χ2n) is 13.8. The van der Waals surface area contributed by atoms with Crippen molar-refractivity contribution in [3.63, 3.8) is 0 Å². The first-order valence-corrected chi connectivity index (χ1v) is 17.8. The van der Waals surface area contributed by atoms with Gasteiger partial charge >= 0.3 is 5.97 Å². The number of carbonyl (C=O) groups excluding carboxylic acids is 1. The van der Waals surface area contributed by atoms with E-state index >= 15 is 0 Å². The van der Waals surface area contributed by atoms with Gasteiger partial charge in [0.25, 0.3) is 0 Å². The molecule has 3 aliphatic rings. The number of aryl methyl sites for hydroxylation is 1. The average Bonchev–Trinajstić information content (AvgIpc) is 3.15. The van der Waals surface area contributed by atoms with Gasteiger partial charge in [0, 0.05) is 40.9 Å². The minimum Gasteiger partial charge on any atom is -0.493 e. The van der Waals surface area contributed by atoms with Crippen molar-refractivity contribution in [1.29, 1.82) is 5.26 Å². The van der Waals surface area contributed by atoms with Crippen molar-refractivity contribution < 1.29 is 33.2 Å². The van der Waals surface area contributed by atoms with E-state index in [1.165, 1.54) is 6.92 Å². The fraction of sp³-hybridized carbons (Fsp3) is 0.349. The Kier molecular flexibility index (Phi) is 10.1. The van der Waals surface area contributed by atoms with Gasteiger partial charge in [-0.15, -0.1) is 0 Å². The van der Waals surface area contributed by atoms with Gasteiger partial charge in [-0.2, -0.15) is 5.26 Å². The van der Waals surface area contributed by atoms with Crippen molar-refractivity contribution in [3.05, 3.63) is 117 Å². The summed E-state index contributed by atoms with van der Waals surface area (Å²) in [4.78, 5) is 17.2. The predicted molar refractivity (Wildman–Crippen MR) is 200 cm³/mol. The SMILES string of the molecule is COc1c(C)cc2c(c1OCc1ccccc1)C1C3=Cc4c(OC(C)=O)c(C)c(OC)c(OC)c4[C@H](COCc4ccccc4)N3[C@@H](C#N)C(C2)N1C. The lowest BCUT2D eigenvalue weighted by Crippen LogP contribution is -2.62. The quantitative estimate of drug-likeness (QED) is 0.117. The largest absolute Gasteiger partial charge is 0.493 e. The summed E-state index contributed by atoms with van der Waals surface area (Å²) in [6, 6.07) is 23.3. The van der Waals surface area contributed by atoms with Crippen molar-refractivity contribution in [2.24, 2.45) is 0 Å². The summed E-state index contributed by atoms with van der Waals surface area (Å²) in [5.41, 5.74) is 7.99. The summed E-state index contributed by atoms with van der Waals surface area (Å²) in [6.45, 7) is 6.19. The van der Waals surface area contributed by atoms with E-state index in [9.17, 15) is 10.1 Å². The summed E-state index contributed by atoms with van der Waals surface area (Å²) >= 11 is 0. The Bertz CT molecular complexity index is 2090. The molecule has 0 N–H and O–H groups in total. The molecular formula is C43H45N3O7. The van der Waals surface area contributed by atoms with Crippen LogP contribution in [0.3, 0.4) is 0 Å². The third-order valence-electron chi connectivity index (χ3n) is 10.7. The maximum Gasteiger partial charge on any atom is 0.308 e. The van der Waals surface area contributed by atoms with E-state index in [4.69, 9.17) is 28.4 Å². The van der Waals surface area contributed by atoms with Gasteiger partial charge in [-0.25, -0.2) is 0 Å². The Balaban J connectivity index is 1.47. The fourth-order valence-corrected chi connectivity index (χ4v) is 8.42. The molecule has 4 aromatic carbocycles. The number of methoxy groups -OCH3 is 3. The predicted octanol–water partition coefficient (Wildman–Crippen LogP) is 7.25. The van der Waals surface area contributed by atoms with Gasteiger partial charge in [-0.05, 0) is 55.6 Å². The van der Waals surface area contributed by atoms with E-state index in [-0.39, 0.29) is 18.7 Å². The third-order valence-corrected chi connectivity index (χ3v) is 10.7. The maximum atomic E-state index is 12.7. The van der Waals surface area contributed by atoms with Crippen LogP contribution in [0.4, 0.5) is 0 Å². The molecule has 274 valence electrons. The summed E-state index contributed by atoms with van der Waals surface area (Å²) in [7, 11) is 6.91. The number of esters is 1. The molecule has 10 nitrogen and oxygen atoms in total. The molecule has 0 radical (unpaired) electrons. The molecular weight excluding hydrogens is 670 g/mol. The number of rotatable bonds is 11. The summed E-state index contributed by atoms with van der Waals surface area (Å²) in [6.07, 6.45) is 2.66. The highest BCUT2D eigenvalue weighted by Gasteiger charge is 2.53. The van der Waals surface area contributed by atoms with E-state index in [1.807, 2.05) is 80.6 Å². The average molecular weight is 716 g/mol. The van der Waals surface area contributed by atoms with Crippen molar-refractivity contribution >= 4 is 12.0 Å². The second-order valence-corrected chi connectivity index (χ2v) is 13.8. The Morgan fingerprint density at radius 2 is 1.49 bits per heavy atom. The number of fused-ring (bicyclic) bond motifs is 7. The molecule has 0 aromatic heterocycles. The van der Waals surface area contributed by atoms with E-state index in [0.717, 1.165) is 39.1 Å². The first-order chi connectivity index (χ1) is 25.7. The molecule has 7 rings (SSSR count). The molecule has 10 heteroatoms. The van der Waals surface area contributed by atoms with Crippen molar-refractivity contribution in [2.45, 2.75) is 64.6 Å². The van der Waals surface area contributed by atoms with Gasteiger partial charge in [-0.1, -0.05) is 66.7 Å². The molecule has 2 bridgehead atoms. The number of carbonyl (C=O) groups is 1. The number of hydrogen-bond acceptors (Lipinski definition) is 10. The van der Waals surface area contributed by atoms with Gasteiger partial charge in [0.2, 0.25) is 0 Å². The van der Waals surface area contributed by atoms with E-state index < -0.39 is 18.1 Å². The fourth-order valence-electron chi connectivity index (χ4n) is 8.42. The van der Waals surface area contributed by atoms with Crippen molar-refractivity contribution in [2.75, 3.05) is 35.0 Å².